The molecule has 2 heterocycles. The monoisotopic (exact) mass is 274 g/mol. The van der Waals surface area contributed by atoms with E-state index in [9.17, 15) is 0 Å². The normalized spacial score (nSPS) is 25.8. The standard InChI is InChI=1S/C17H26N2O/c1-12(2)19-8-4-5-14(19)9-13-11-18-17-7-6-15(20-3)10-16(13)17/h6-7,10,12-14,18H,4-5,8-9,11H2,1-3H3/t13-,14+/m0/s1. The lowest BCUT2D eigenvalue weighted by molar-refractivity contribution is 0.189. The quantitative estimate of drug-likeness (QED) is 0.910. The van der Waals surface area contributed by atoms with Crippen molar-refractivity contribution in [3.63, 3.8) is 0 Å². The molecule has 20 heavy (non-hydrogen) atoms. The highest BCUT2D eigenvalue weighted by molar-refractivity contribution is 5.60. The third-order valence-electron chi connectivity index (χ3n) is 4.88. The molecule has 2 atom stereocenters. The van der Waals surface area contributed by atoms with Crippen molar-refractivity contribution in [3.8, 4) is 5.75 Å². The van der Waals surface area contributed by atoms with Gasteiger partial charge in [0.1, 0.15) is 5.75 Å². The van der Waals surface area contributed by atoms with Gasteiger partial charge >= 0.3 is 0 Å². The van der Waals surface area contributed by atoms with Gasteiger partial charge in [0.15, 0.2) is 0 Å². The third kappa shape index (κ3) is 2.51. The van der Waals surface area contributed by atoms with Crippen LogP contribution in [0.1, 0.15) is 44.6 Å². The number of fused-ring (bicyclic) bond motifs is 1. The maximum Gasteiger partial charge on any atom is 0.119 e. The molecule has 2 aliphatic rings. The Morgan fingerprint density at radius 1 is 1.40 bits per heavy atom. The van der Waals surface area contributed by atoms with Crippen LogP contribution in [0.2, 0.25) is 0 Å². The van der Waals surface area contributed by atoms with Crippen molar-refractivity contribution in [3.05, 3.63) is 23.8 Å². The summed E-state index contributed by atoms with van der Waals surface area (Å²) in [7, 11) is 1.75. The average Bonchev–Trinajstić information content (AvgIpc) is 3.06. The van der Waals surface area contributed by atoms with Crippen molar-refractivity contribution in [1.29, 1.82) is 0 Å². The number of nitrogens with zero attached hydrogens (tertiary/aromatic N) is 1. The van der Waals surface area contributed by atoms with E-state index < -0.39 is 0 Å². The van der Waals surface area contributed by atoms with Crippen LogP contribution in [-0.4, -0.2) is 37.2 Å². The maximum absolute atomic E-state index is 5.38. The number of anilines is 1. The first-order valence-corrected chi connectivity index (χ1v) is 7.86. The number of hydrogen-bond donors (Lipinski definition) is 1. The molecule has 0 aromatic heterocycles. The Bertz CT molecular complexity index is 472. The lowest BCUT2D eigenvalue weighted by atomic mass is 9.92. The van der Waals surface area contributed by atoms with E-state index >= 15 is 0 Å². The second-order valence-corrected chi connectivity index (χ2v) is 6.39. The molecule has 0 unspecified atom stereocenters. The van der Waals surface area contributed by atoms with Gasteiger partial charge in [-0.2, -0.15) is 0 Å². The predicted molar refractivity (Wildman–Crippen MR) is 83.7 cm³/mol. The lowest BCUT2D eigenvalue weighted by Gasteiger charge is -2.30. The molecule has 3 heteroatoms. The smallest absolute Gasteiger partial charge is 0.119 e. The summed E-state index contributed by atoms with van der Waals surface area (Å²) >= 11 is 0. The van der Waals surface area contributed by atoms with Crippen molar-refractivity contribution >= 4 is 5.69 Å². The summed E-state index contributed by atoms with van der Waals surface area (Å²) in [4.78, 5) is 2.68. The molecule has 0 spiro atoms. The van der Waals surface area contributed by atoms with E-state index in [-0.39, 0.29) is 0 Å². The van der Waals surface area contributed by atoms with Gasteiger partial charge < -0.3 is 10.1 Å². The zero-order valence-corrected chi connectivity index (χ0v) is 12.9. The van der Waals surface area contributed by atoms with Crippen LogP contribution < -0.4 is 10.1 Å². The molecule has 2 aliphatic heterocycles. The average molecular weight is 274 g/mol. The predicted octanol–water partition coefficient (Wildman–Crippen LogP) is 3.47. The number of ether oxygens (including phenoxy) is 1. The number of benzene rings is 1. The van der Waals surface area contributed by atoms with Crippen LogP contribution in [0, 0.1) is 0 Å². The molecular weight excluding hydrogens is 248 g/mol. The Balaban J connectivity index is 1.74. The molecular formula is C17H26N2O. The van der Waals surface area contributed by atoms with Gasteiger partial charge in [-0.3, -0.25) is 4.90 Å². The van der Waals surface area contributed by atoms with Crippen LogP contribution in [0.5, 0.6) is 5.75 Å². The minimum absolute atomic E-state index is 0.629. The van der Waals surface area contributed by atoms with Crippen LogP contribution in [-0.2, 0) is 0 Å². The van der Waals surface area contributed by atoms with E-state index in [0.717, 1.165) is 18.3 Å². The summed E-state index contributed by atoms with van der Waals surface area (Å²) in [5.74, 6) is 1.61. The van der Waals surface area contributed by atoms with E-state index in [1.807, 2.05) is 6.07 Å². The molecule has 0 aliphatic carbocycles. The van der Waals surface area contributed by atoms with Gasteiger partial charge in [0.2, 0.25) is 0 Å². The zero-order valence-electron chi connectivity index (χ0n) is 12.9. The van der Waals surface area contributed by atoms with E-state index in [1.54, 1.807) is 7.11 Å². The minimum atomic E-state index is 0.629. The van der Waals surface area contributed by atoms with Crippen LogP contribution in [0.4, 0.5) is 5.69 Å². The van der Waals surface area contributed by atoms with Crippen molar-refractivity contribution in [2.24, 2.45) is 0 Å². The van der Waals surface area contributed by atoms with Crippen LogP contribution >= 0.6 is 0 Å². The number of likely N-dealkylation sites (tertiary alicyclic amines) is 1. The van der Waals surface area contributed by atoms with Crippen LogP contribution in [0.15, 0.2) is 18.2 Å². The fraction of sp³-hybridized carbons (Fsp3) is 0.647. The topological polar surface area (TPSA) is 24.5 Å². The highest BCUT2D eigenvalue weighted by Gasteiger charge is 2.32. The fourth-order valence-corrected chi connectivity index (χ4v) is 3.84. The molecule has 1 saturated heterocycles. The molecule has 3 rings (SSSR count). The maximum atomic E-state index is 5.38. The van der Waals surface area contributed by atoms with E-state index in [4.69, 9.17) is 4.74 Å². The van der Waals surface area contributed by atoms with Gasteiger partial charge in [0, 0.05) is 30.2 Å². The Kier molecular flexibility index (Phi) is 3.88. The highest BCUT2D eigenvalue weighted by Crippen LogP contribution is 2.39. The molecule has 0 amide bonds. The van der Waals surface area contributed by atoms with Gasteiger partial charge in [-0.25, -0.2) is 0 Å². The van der Waals surface area contributed by atoms with Gasteiger partial charge in [0.25, 0.3) is 0 Å². The Labute approximate surface area is 122 Å². The van der Waals surface area contributed by atoms with E-state index in [0.29, 0.717) is 12.0 Å². The minimum Gasteiger partial charge on any atom is -0.497 e. The Morgan fingerprint density at radius 2 is 2.25 bits per heavy atom. The third-order valence-corrected chi connectivity index (χ3v) is 4.88. The zero-order chi connectivity index (χ0) is 14.1. The first-order valence-electron chi connectivity index (χ1n) is 7.86. The van der Waals surface area contributed by atoms with Crippen molar-refractivity contribution in [2.75, 3.05) is 25.5 Å². The molecule has 0 radical (unpaired) electrons. The molecule has 1 fully saturated rings. The second-order valence-electron chi connectivity index (χ2n) is 6.39. The van der Waals surface area contributed by atoms with E-state index in [1.165, 1.54) is 37.1 Å². The van der Waals surface area contributed by atoms with Crippen molar-refractivity contribution < 1.29 is 4.74 Å². The molecule has 1 aromatic rings. The van der Waals surface area contributed by atoms with E-state index in [2.05, 4.69) is 36.2 Å². The van der Waals surface area contributed by atoms with Crippen molar-refractivity contribution in [2.45, 2.75) is 51.1 Å². The molecule has 0 bridgehead atoms. The SMILES string of the molecule is COc1ccc2c(c1)[C@@H](C[C@H]1CCCN1C(C)C)CN2. The highest BCUT2D eigenvalue weighted by atomic mass is 16.5. The summed E-state index contributed by atoms with van der Waals surface area (Å²) in [5.41, 5.74) is 2.74. The summed E-state index contributed by atoms with van der Waals surface area (Å²) in [6, 6.07) is 7.84. The first-order chi connectivity index (χ1) is 9.69. The lowest BCUT2D eigenvalue weighted by Crippen LogP contribution is -2.36. The molecule has 3 nitrogen and oxygen atoms in total. The van der Waals surface area contributed by atoms with Gasteiger partial charge in [-0.1, -0.05) is 0 Å². The number of rotatable bonds is 4. The number of hydrogen-bond acceptors (Lipinski definition) is 3. The molecule has 110 valence electrons. The van der Waals surface area contributed by atoms with Gasteiger partial charge in [-0.15, -0.1) is 0 Å². The summed E-state index contributed by atoms with van der Waals surface area (Å²) in [6.07, 6.45) is 3.98. The number of nitrogens with one attached hydrogen (secondary N) is 1. The first kappa shape index (κ1) is 13.7. The summed E-state index contributed by atoms with van der Waals surface area (Å²) in [6.45, 7) is 6.99. The largest absolute Gasteiger partial charge is 0.497 e. The summed E-state index contributed by atoms with van der Waals surface area (Å²) in [5, 5.41) is 3.55. The molecule has 0 saturated carbocycles. The summed E-state index contributed by atoms with van der Waals surface area (Å²) < 4.78 is 5.38. The van der Waals surface area contributed by atoms with Gasteiger partial charge in [0.05, 0.1) is 7.11 Å². The Morgan fingerprint density at radius 3 is 3.00 bits per heavy atom. The Hall–Kier alpha value is -1.22. The molecule has 1 N–H and O–H groups in total. The van der Waals surface area contributed by atoms with Crippen molar-refractivity contribution in [1.82, 2.24) is 4.90 Å². The number of methoxy groups -OCH3 is 1. The van der Waals surface area contributed by atoms with Gasteiger partial charge in [-0.05, 0) is 63.4 Å². The second kappa shape index (κ2) is 5.65. The van der Waals surface area contributed by atoms with Crippen LogP contribution in [0.25, 0.3) is 0 Å². The molecule has 1 aromatic carbocycles. The van der Waals surface area contributed by atoms with Crippen LogP contribution in [0.3, 0.4) is 0 Å². The fourth-order valence-electron chi connectivity index (χ4n) is 3.84.